The fourth-order valence-corrected chi connectivity index (χ4v) is 3.02. The highest BCUT2D eigenvalue weighted by atomic mass is 79.9. The number of hydrogen-bond acceptors (Lipinski definition) is 3. The van der Waals surface area contributed by atoms with Crippen LogP contribution in [0, 0.1) is 0 Å². The SMILES string of the molecule is CC(N)Cc1cc(Br)ccc1OCCc1ccsc1. The normalized spacial score (nSPS) is 12.4. The van der Waals surface area contributed by atoms with Gasteiger partial charge < -0.3 is 10.5 Å². The molecular formula is C15H18BrNOS. The van der Waals surface area contributed by atoms with Crippen molar-refractivity contribution < 1.29 is 4.74 Å². The molecule has 1 heterocycles. The van der Waals surface area contributed by atoms with Gasteiger partial charge >= 0.3 is 0 Å². The van der Waals surface area contributed by atoms with Gasteiger partial charge in [-0.3, -0.25) is 0 Å². The first-order chi connectivity index (χ1) is 9.15. The van der Waals surface area contributed by atoms with Gasteiger partial charge in [0.1, 0.15) is 5.75 Å². The van der Waals surface area contributed by atoms with E-state index in [0.717, 1.165) is 28.6 Å². The molecule has 102 valence electrons. The Kier molecular flexibility index (Phi) is 5.43. The van der Waals surface area contributed by atoms with Crippen LogP contribution in [0.15, 0.2) is 39.5 Å². The zero-order valence-corrected chi connectivity index (χ0v) is 13.3. The van der Waals surface area contributed by atoms with Gasteiger partial charge in [0.15, 0.2) is 0 Å². The number of thiophene rings is 1. The second-order valence-electron chi connectivity index (χ2n) is 4.66. The molecule has 2 rings (SSSR count). The maximum atomic E-state index is 5.89. The number of hydrogen-bond donors (Lipinski definition) is 1. The topological polar surface area (TPSA) is 35.2 Å². The first kappa shape index (κ1) is 14.6. The van der Waals surface area contributed by atoms with Crippen LogP contribution in [0.2, 0.25) is 0 Å². The summed E-state index contributed by atoms with van der Waals surface area (Å²) in [6.45, 7) is 2.71. The van der Waals surface area contributed by atoms with Crippen molar-refractivity contribution in [3.8, 4) is 5.75 Å². The van der Waals surface area contributed by atoms with Gasteiger partial charge in [-0.05, 0) is 59.5 Å². The van der Waals surface area contributed by atoms with Gasteiger partial charge in [-0.15, -0.1) is 0 Å². The Balaban J connectivity index is 1.98. The van der Waals surface area contributed by atoms with E-state index in [2.05, 4.69) is 38.8 Å². The summed E-state index contributed by atoms with van der Waals surface area (Å²) in [5.41, 5.74) is 8.37. The molecule has 0 bridgehead atoms. The molecule has 0 amide bonds. The van der Waals surface area contributed by atoms with Crippen LogP contribution in [0.5, 0.6) is 5.75 Å². The Morgan fingerprint density at radius 1 is 1.37 bits per heavy atom. The molecule has 2 N–H and O–H groups in total. The van der Waals surface area contributed by atoms with Crippen molar-refractivity contribution in [3.05, 3.63) is 50.6 Å². The first-order valence-electron chi connectivity index (χ1n) is 6.33. The molecule has 1 unspecified atom stereocenters. The van der Waals surface area contributed by atoms with Crippen LogP contribution in [0.3, 0.4) is 0 Å². The van der Waals surface area contributed by atoms with Crippen molar-refractivity contribution in [2.75, 3.05) is 6.61 Å². The zero-order valence-electron chi connectivity index (χ0n) is 10.9. The molecule has 0 aliphatic carbocycles. The van der Waals surface area contributed by atoms with Gasteiger partial charge in [0.2, 0.25) is 0 Å². The molecule has 0 saturated carbocycles. The van der Waals surface area contributed by atoms with Crippen molar-refractivity contribution in [1.29, 1.82) is 0 Å². The van der Waals surface area contributed by atoms with Crippen LogP contribution < -0.4 is 10.5 Å². The van der Waals surface area contributed by atoms with Gasteiger partial charge in [-0.1, -0.05) is 15.9 Å². The third-order valence-electron chi connectivity index (χ3n) is 2.79. The molecule has 19 heavy (non-hydrogen) atoms. The van der Waals surface area contributed by atoms with Crippen LogP contribution in [0.25, 0.3) is 0 Å². The molecule has 0 saturated heterocycles. The fourth-order valence-electron chi connectivity index (χ4n) is 1.91. The molecule has 0 radical (unpaired) electrons. The highest BCUT2D eigenvalue weighted by Gasteiger charge is 2.07. The lowest BCUT2D eigenvalue weighted by Gasteiger charge is -2.13. The van der Waals surface area contributed by atoms with E-state index in [4.69, 9.17) is 10.5 Å². The van der Waals surface area contributed by atoms with Gasteiger partial charge in [0.05, 0.1) is 6.61 Å². The quantitative estimate of drug-likeness (QED) is 0.862. The lowest BCUT2D eigenvalue weighted by Crippen LogP contribution is -2.18. The number of rotatable bonds is 6. The van der Waals surface area contributed by atoms with Crippen LogP contribution in [0.1, 0.15) is 18.1 Å². The Morgan fingerprint density at radius 2 is 2.21 bits per heavy atom. The van der Waals surface area contributed by atoms with Crippen molar-refractivity contribution in [2.45, 2.75) is 25.8 Å². The molecule has 0 aliphatic rings. The maximum absolute atomic E-state index is 5.89. The second kappa shape index (κ2) is 7.08. The van der Waals surface area contributed by atoms with Crippen molar-refractivity contribution >= 4 is 27.3 Å². The van der Waals surface area contributed by atoms with Crippen molar-refractivity contribution in [2.24, 2.45) is 5.73 Å². The largest absolute Gasteiger partial charge is 0.493 e. The molecule has 2 nitrogen and oxygen atoms in total. The van der Waals surface area contributed by atoms with E-state index in [-0.39, 0.29) is 6.04 Å². The summed E-state index contributed by atoms with van der Waals surface area (Å²) < 4.78 is 6.96. The number of nitrogens with two attached hydrogens (primary N) is 1. The molecule has 2 aromatic rings. The van der Waals surface area contributed by atoms with Gasteiger partial charge in [-0.25, -0.2) is 0 Å². The fraction of sp³-hybridized carbons (Fsp3) is 0.333. The number of ether oxygens (including phenoxy) is 1. The minimum Gasteiger partial charge on any atom is -0.493 e. The molecule has 0 spiro atoms. The van der Waals surface area contributed by atoms with Gasteiger partial charge in [0, 0.05) is 16.9 Å². The summed E-state index contributed by atoms with van der Waals surface area (Å²) >= 11 is 5.21. The Hall–Kier alpha value is -0.840. The summed E-state index contributed by atoms with van der Waals surface area (Å²) in [4.78, 5) is 0. The number of halogens is 1. The van der Waals surface area contributed by atoms with E-state index < -0.39 is 0 Å². The lowest BCUT2D eigenvalue weighted by molar-refractivity contribution is 0.318. The Bertz CT molecular complexity index is 511. The molecule has 1 atom stereocenters. The molecule has 0 aliphatic heterocycles. The summed E-state index contributed by atoms with van der Waals surface area (Å²) in [6.07, 6.45) is 1.77. The van der Waals surface area contributed by atoms with Gasteiger partial charge in [0.25, 0.3) is 0 Å². The average Bonchev–Trinajstić information content (AvgIpc) is 2.84. The summed E-state index contributed by atoms with van der Waals surface area (Å²) in [7, 11) is 0. The molecular weight excluding hydrogens is 322 g/mol. The van der Waals surface area contributed by atoms with E-state index >= 15 is 0 Å². The van der Waals surface area contributed by atoms with Crippen molar-refractivity contribution in [3.63, 3.8) is 0 Å². The van der Waals surface area contributed by atoms with Crippen LogP contribution in [-0.2, 0) is 12.8 Å². The summed E-state index contributed by atoms with van der Waals surface area (Å²) in [6, 6.07) is 8.37. The maximum Gasteiger partial charge on any atom is 0.122 e. The zero-order chi connectivity index (χ0) is 13.7. The molecule has 0 fully saturated rings. The van der Waals surface area contributed by atoms with E-state index in [1.807, 2.05) is 19.1 Å². The average molecular weight is 340 g/mol. The predicted octanol–water partition coefficient (Wildman–Crippen LogP) is 4.02. The van der Waals surface area contributed by atoms with E-state index in [0.29, 0.717) is 6.61 Å². The monoisotopic (exact) mass is 339 g/mol. The second-order valence-corrected chi connectivity index (χ2v) is 6.36. The standard InChI is InChI=1S/C15H18BrNOS/c1-11(17)8-13-9-14(16)2-3-15(13)18-6-4-12-5-7-19-10-12/h2-3,5,7,9-11H,4,6,8,17H2,1H3. The summed E-state index contributed by atoms with van der Waals surface area (Å²) in [5, 5.41) is 4.25. The van der Waals surface area contributed by atoms with Crippen LogP contribution in [-0.4, -0.2) is 12.6 Å². The van der Waals surface area contributed by atoms with E-state index in [9.17, 15) is 0 Å². The summed E-state index contributed by atoms with van der Waals surface area (Å²) in [5.74, 6) is 0.940. The van der Waals surface area contributed by atoms with E-state index in [1.165, 1.54) is 5.56 Å². The highest BCUT2D eigenvalue weighted by Crippen LogP contribution is 2.24. The Morgan fingerprint density at radius 3 is 2.89 bits per heavy atom. The molecule has 1 aromatic heterocycles. The number of benzene rings is 1. The van der Waals surface area contributed by atoms with Crippen LogP contribution in [0.4, 0.5) is 0 Å². The minimum atomic E-state index is 0.133. The van der Waals surface area contributed by atoms with Crippen LogP contribution >= 0.6 is 27.3 Å². The Labute approximate surface area is 126 Å². The van der Waals surface area contributed by atoms with E-state index in [1.54, 1.807) is 11.3 Å². The molecule has 4 heteroatoms. The molecule has 1 aromatic carbocycles. The first-order valence-corrected chi connectivity index (χ1v) is 8.06. The predicted molar refractivity (Wildman–Crippen MR) is 85.0 cm³/mol. The van der Waals surface area contributed by atoms with Gasteiger partial charge in [-0.2, -0.15) is 11.3 Å². The van der Waals surface area contributed by atoms with Crippen molar-refractivity contribution in [1.82, 2.24) is 0 Å². The smallest absolute Gasteiger partial charge is 0.122 e. The third-order valence-corrected chi connectivity index (χ3v) is 4.02. The highest BCUT2D eigenvalue weighted by molar-refractivity contribution is 9.10. The lowest BCUT2D eigenvalue weighted by atomic mass is 10.1. The minimum absolute atomic E-state index is 0.133. The third kappa shape index (κ3) is 4.64.